The minimum absolute atomic E-state index is 0.114. The van der Waals surface area contributed by atoms with Crippen LogP contribution in [0.2, 0.25) is 0 Å². The molecule has 1 aromatic rings. The number of thioether (sulfide) groups is 1. The Balaban J connectivity index is 2.90. The Morgan fingerprint density at radius 2 is 2.06 bits per heavy atom. The van der Waals surface area contributed by atoms with Crippen molar-refractivity contribution in [1.29, 1.82) is 0 Å². The van der Waals surface area contributed by atoms with Gasteiger partial charge in [-0.25, -0.2) is 0 Å². The van der Waals surface area contributed by atoms with Crippen molar-refractivity contribution in [3.05, 3.63) is 29.3 Å². The standard InChI is InChI=1S/C12H18N2O2S/c1-7-6-10(17-9(3)8(2)15)4-5-11(7)12(13)14-16/h4-6,8-9,15-16H,1-3H3,(H2,13,14). The number of benzene rings is 1. The average Bonchev–Trinajstić information content (AvgIpc) is 2.28. The van der Waals surface area contributed by atoms with Gasteiger partial charge in [0.25, 0.3) is 0 Å². The highest BCUT2D eigenvalue weighted by Gasteiger charge is 2.11. The molecule has 0 heterocycles. The zero-order chi connectivity index (χ0) is 13.0. The van der Waals surface area contributed by atoms with E-state index in [0.717, 1.165) is 16.0 Å². The van der Waals surface area contributed by atoms with Crippen molar-refractivity contribution < 1.29 is 10.3 Å². The Hall–Kier alpha value is -1.20. The van der Waals surface area contributed by atoms with Gasteiger partial charge in [-0.2, -0.15) is 0 Å². The first-order valence-corrected chi connectivity index (χ1v) is 6.27. The van der Waals surface area contributed by atoms with Crippen molar-refractivity contribution >= 4 is 17.6 Å². The molecule has 1 rings (SSSR count). The lowest BCUT2D eigenvalue weighted by atomic mass is 10.1. The summed E-state index contributed by atoms with van der Waals surface area (Å²) in [5.74, 6) is 0.114. The molecule has 0 fully saturated rings. The number of oxime groups is 1. The molecule has 0 bridgehead atoms. The Bertz CT molecular complexity index is 419. The Kier molecular flexibility index (Phi) is 4.84. The number of aryl methyl sites for hydroxylation is 1. The molecule has 0 aliphatic heterocycles. The summed E-state index contributed by atoms with van der Waals surface area (Å²) in [7, 11) is 0. The summed E-state index contributed by atoms with van der Waals surface area (Å²) < 4.78 is 0. The molecule has 0 saturated heterocycles. The van der Waals surface area contributed by atoms with Crippen molar-refractivity contribution in [3.8, 4) is 0 Å². The number of nitrogens with two attached hydrogens (primary N) is 1. The average molecular weight is 254 g/mol. The zero-order valence-corrected chi connectivity index (χ0v) is 11.0. The lowest BCUT2D eigenvalue weighted by Crippen LogP contribution is -2.16. The number of hydrogen-bond donors (Lipinski definition) is 3. The molecule has 4 N–H and O–H groups in total. The molecule has 2 unspecified atom stereocenters. The first-order valence-electron chi connectivity index (χ1n) is 5.39. The predicted molar refractivity (Wildman–Crippen MR) is 70.7 cm³/mol. The monoisotopic (exact) mass is 254 g/mol. The van der Waals surface area contributed by atoms with Gasteiger partial charge in [0.2, 0.25) is 0 Å². The van der Waals surface area contributed by atoms with Crippen molar-refractivity contribution in [2.75, 3.05) is 0 Å². The third-order valence-corrected chi connectivity index (χ3v) is 3.87. The molecule has 0 saturated carbocycles. The molecular weight excluding hydrogens is 236 g/mol. The van der Waals surface area contributed by atoms with E-state index in [0.29, 0.717) is 0 Å². The lowest BCUT2D eigenvalue weighted by Gasteiger charge is -2.15. The van der Waals surface area contributed by atoms with Crippen LogP contribution in [0.4, 0.5) is 0 Å². The summed E-state index contributed by atoms with van der Waals surface area (Å²) in [6, 6.07) is 5.70. The Labute approximate surface area is 106 Å². The van der Waals surface area contributed by atoms with Gasteiger partial charge in [0.15, 0.2) is 5.84 Å². The summed E-state index contributed by atoms with van der Waals surface area (Å²) in [5.41, 5.74) is 7.22. The van der Waals surface area contributed by atoms with E-state index in [4.69, 9.17) is 10.9 Å². The van der Waals surface area contributed by atoms with Gasteiger partial charge in [-0.15, -0.1) is 11.8 Å². The van der Waals surface area contributed by atoms with E-state index in [1.165, 1.54) is 0 Å². The molecule has 0 amide bonds. The maximum absolute atomic E-state index is 9.44. The van der Waals surface area contributed by atoms with Gasteiger partial charge in [-0.1, -0.05) is 12.1 Å². The number of aliphatic hydroxyl groups excluding tert-OH is 1. The van der Waals surface area contributed by atoms with Gasteiger partial charge < -0.3 is 16.0 Å². The molecule has 4 nitrogen and oxygen atoms in total. The summed E-state index contributed by atoms with van der Waals surface area (Å²) in [5, 5.41) is 21.2. The highest BCUT2D eigenvalue weighted by atomic mass is 32.2. The van der Waals surface area contributed by atoms with Gasteiger partial charge in [-0.3, -0.25) is 0 Å². The first-order chi connectivity index (χ1) is 7.95. The predicted octanol–water partition coefficient (Wildman–Crippen LogP) is 1.95. The van der Waals surface area contributed by atoms with Crippen LogP contribution in [-0.4, -0.2) is 27.5 Å². The first kappa shape index (κ1) is 13.9. The van der Waals surface area contributed by atoms with Gasteiger partial charge in [0, 0.05) is 15.7 Å². The Morgan fingerprint density at radius 1 is 1.41 bits per heavy atom. The van der Waals surface area contributed by atoms with Gasteiger partial charge in [0.1, 0.15) is 0 Å². The van der Waals surface area contributed by atoms with Crippen LogP contribution in [0.5, 0.6) is 0 Å². The van der Waals surface area contributed by atoms with E-state index < -0.39 is 0 Å². The van der Waals surface area contributed by atoms with E-state index in [-0.39, 0.29) is 17.2 Å². The van der Waals surface area contributed by atoms with Crippen LogP contribution in [0.25, 0.3) is 0 Å². The minimum atomic E-state index is -0.357. The van der Waals surface area contributed by atoms with Gasteiger partial charge in [-0.05, 0) is 37.6 Å². The van der Waals surface area contributed by atoms with E-state index in [2.05, 4.69) is 5.16 Å². The molecule has 0 aliphatic carbocycles. The second kappa shape index (κ2) is 5.93. The highest BCUT2D eigenvalue weighted by Crippen LogP contribution is 2.27. The molecule has 2 atom stereocenters. The van der Waals surface area contributed by atoms with Crippen LogP contribution < -0.4 is 5.73 Å². The van der Waals surface area contributed by atoms with Crippen LogP contribution in [0.3, 0.4) is 0 Å². The molecule has 0 spiro atoms. The Morgan fingerprint density at radius 3 is 2.53 bits per heavy atom. The van der Waals surface area contributed by atoms with E-state index >= 15 is 0 Å². The summed E-state index contributed by atoms with van der Waals surface area (Å²) in [6.45, 7) is 5.65. The molecule has 0 radical (unpaired) electrons. The maximum Gasteiger partial charge on any atom is 0.170 e. The van der Waals surface area contributed by atoms with Crippen LogP contribution in [-0.2, 0) is 0 Å². The van der Waals surface area contributed by atoms with Crippen molar-refractivity contribution in [3.63, 3.8) is 0 Å². The fraction of sp³-hybridized carbons (Fsp3) is 0.417. The molecular formula is C12H18N2O2S. The molecule has 0 aliphatic rings. The highest BCUT2D eigenvalue weighted by molar-refractivity contribution is 8.00. The molecule has 1 aromatic carbocycles. The zero-order valence-electron chi connectivity index (χ0n) is 10.2. The molecule has 17 heavy (non-hydrogen) atoms. The van der Waals surface area contributed by atoms with Crippen LogP contribution in [0.1, 0.15) is 25.0 Å². The lowest BCUT2D eigenvalue weighted by molar-refractivity contribution is 0.196. The molecule has 5 heteroatoms. The quantitative estimate of drug-likeness (QED) is 0.252. The second-order valence-corrected chi connectivity index (χ2v) is 5.48. The fourth-order valence-electron chi connectivity index (χ4n) is 1.36. The van der Waals surface area contributed by atoms with E-state index in [1.807, 2.05) is 32.0 Å². The number of amidine groups is 1. The van der Waals surface area contributed by atoms with Gasteiger partial charge >= 0.3 is 0 Å². The number of hydrogen-bond acceptors (Lipinski definition) is 4. The second-order valence-electron chi connectivity index (χ2n) is 4.03. The summed E-state index contributed by atoms with van der Waals surface area (Å²) in [6.07, 6.45) is -0.357. The summed E-state index contributed by atoms with van der Waals surface area (Å²) >= 11 is 1.60. The van der Waals surface area contributed by atoms with Crippen LogP contribution in [0, 0.1) is 6.92 Å². The van der Waals surface area contributed by atoms with Crippen molar-refractivity contribution in [2.24, 2.45) is 10.9 Å². The molecule has 94 valence electrons. The number of rotatable bonds is 4. The van der Waals surface area contributed by atoms with Crippen LogP contribution >= 0.6 is 11.8 Å². The smallest absolute Gasteiger partial charge is 0.170 e. The minimum Gasteiger partial charge on any atom is -0.409 e. The van der Waals surface area contributed by atoms with Crippen molar-refractivity contribution in [1.82, 2.24) is 0 Å². The maximum atomic E-state index is 9.44. The summed E-state index contributed by atoms with van der Waals surface area (Å²) in [4.78, 5) is 1.06. The third kappa shape index (κ3) is 3.64. The SMILES string of the molecule is Cc1cc(SC(C)C(C)O)ccc1/C(N)=N/O. The topological polar surface area (TPSA) is 78.8 Å². The third-order valence-electron chi connectivity index (χ3n) is 2.58. The fourth-order valence-corrected chi connectivity index (χ4v) is 2.38. The van der Waals surface area contributed by atoms with Crippen molar-refractivity contribution in [2.45, 2.75) is 37.0 Å². The number of aliphatic hydroxyl groups is 1. The van der Waals surface area contributed by atoms with Gasteiger partial charge in [0.05, 0.1) is 6.10 Å². The molecule has 0 aromatic heterocycles. The van der Waals surface area contributed by atoms with E-state index in [9.17, 15) is 5.11 Å². The van der Waals surface area contributed by atoms with E-state index in [1.54, 1.807) is 18.7 Å². The largest absolute Gasteiger partial charge is 0.409 e. The number of nitrogens with zero attached hydrogens (tertiary/aromatic N) is 1. The van der Waals surface area contributed by atoms with Crippen LogP contribution in [0.15, 0.2) is 28.3 Å². The normalized spacial score (nSPS) is 15.6.